The van der Waals surface area contributed by atoms with Crippen LogP contribution in [0.4, 0.5) is 4.39 Å². The van der Waals surface area contributed by atoms with E-state index in [0.717, 1.165) is 0 Å². The molecule has 0 aromatic heterocycles. The quantitative estimate of drug-likeness (QED) is 0.840. The van der Waals surface area contributed by atoms with Gasteiger partial charge in [0, 0.05) is 12.5 Å². The summed E-state index contributed by atoms with van der Waals surface area (Å²) in [5.74, 6) is -1.16. The van der Waals surface area contributed by atoms with E-state index in [1.807, 2.05) is 0 Å². The molecule has 14 heavy (non-hydrogen) atoms. The SMILES string of the molecule is O=C(O)C1Cc2cc(Br)c(F)cc2O1. The fraction of sp³-hybridized carbons (Fsp3) is 0.222. The molecule has 2 rings (SSSR count). The van der Waals surface area contributed by atoms with E-state index >= 15 is 0 Å². The van der Waals surface area contributed by atoms with Gasteiger partial charge >= 0.3 is 5.97 Å². The zero-order valence-corrected chi connectivity index (χ0v) is 8.54. The van der Waals surface area contributed by atoms with E-state index in [1.54, 1.807) is 6.07 Å². The third kappa shape index (κ3) is 1.48. The minimum absolute atomic E-state index is 0.281. The molecule has 0 saturated heterocycles. The van der Waals surface area contributed by atoms with Crippen LogP contribution in [-0.2, 0) is 11.2 Å². The molecule has 1 aromatic carbocycles. The highest BCUT2D eigenvalue weighted by molar-refractivity contribution is 9.10. The lowest BCUT2D eigenvalue weighted by molar-refractivity contribution is -0.144. The van der Waals surface area contributed by atoms with Crippen LogP contribution in [0.1, 0.15) is 5.56 Å². The van der Waals surface area contributed by atoms with Gasteiger partial charge in [-0.3, -0.25) is 0 Å². The number of fused-ring (bicyclic) bond motifs is 1. The van der Waals surface area contributed by atoms with E-state index < -0.39 is 17.9 Å². The highest BCUT2D eigenvalue weighted by atomic mass is 79.9. The summed E-state index contributed by atoms with van der Waals surface area (Å²) in [6.45, 7) is 0. The van der Waals surface area contributed by atoms with Gasteiger partial charge in [-0.1, -0.05) is 0 Å². The normalized spacial score (nSPS) is 18.9. The van der Waals surface area contributed by atoms with Crippen molar-refractivity contribution in [1.82, 2.24) is 0 Å². The summed E-state index contributed by atoms with van der Waals surface area (Å²) < 4.78 is 18.4. The van der Waals surface area contributed by atoms with Crippen molar-refractivity contribution in [2.45, 2.75) is 12.5 Å². The number of ether oxygens (including phenoxy) is 1. The summed E-state index contributed by atoms with van der Waals surface area (Å²) in [6.07, 6.45) is -0.609. The zero-order valence-electron chi connectivity index (χ0n) is 6.96. The second-order valence-electron chi connectivity index (χ2n) is 3.02. The first-order valence-electron chi connectivity index (χ1n) is 3.95. The van der Waals surface area contributed by atoms with E-state index in [9.17, 15) is 9.18 Å². The topological polar surface area (TPSA) is 46.5 Å². The summed E-state index contributed by atoms with van der Waals surface area (Å²) in [6, 6.07) is 2.75. The van der Waals surface area contributed by atoms with Gasteiger partial charge < -0.3 is 9.84 Å². The molecule has 0 spiro atoms. The van der Waals surface area contributed by atoms with Crippen molar-refractivity contribution in [3.8, 4) is 5.75 Å². The molecule has 0 aliphatic carbocycles. The van der Waals surface area contributed by atoms with Crippen LogP contribution in [0.15, 0.2) is 16.6 Å². The first kappa shape index (κ1) is 9.45. The largest absolute Gasteiger partial charge is 0.478 e. The Morgan fingerprint density at radius 3 is 3.00 bits per heavy atom. The fourth-order valence-corrected chi connectivity index (χ4v) is 1.76. The van der Waals surface area contributed by atoms with Crippen LogP contribution in [0, 0.1) is 5.82 Å². The molecule has 74 valence electrons. The average molecular weight is 261 g/mol. The Bertz CT molecular complexity index is 374. The van der Waals surface area contributed by atoms with Crippen molar-refractivity contribution < 1.29 is 19.0 Å². The number of carbonyl (C=O) groups is 1. The summed E-state index contributed by atoms with van der Waals surface area (Å²) in [4.78, 5) is 10.6. The molecule has 3 nitrogen and oxygen atoms in total. The second kappa shape index (κ2) is 3.24. The van der Waals surface area contributed by atoms with Gasteiger partial charge in [-0.05, 0) is 27.6 Å². The maximum Gasteiger partial charge on any atom is 0.345 e. The molecular weight excluding hydrogens is 255 g/mol. The standard InChI is InChI=1S/C9H6BrFO3/c10-5-1-4-2-8(9(12)13)14-7(4)3-6(5)11/h1,3,8H,2H2,(H,12,13). The van der Waals surface area contributed by atoms with Crippen LogP contribution in [-0.4, -0.2) is 17.2 Å². The maximum absolute atomic E-state index is 13.0. The summed E-state index contributed by atoms with van der Waals surface area (Å²) in [5, 5.41) is 8.69. The highest BCUT2D eigenvalue weighted by Crippen LogP contribution is 2.33. The smallest absolute Gasteiger partial charge is 0.345 e. The Hall–Kier alpha value is -1.10. The molecule has 1 unspecified atom stereocenters. The van der Waals surface area contributed by atoms with Crippen LogP contribution in [0.25, 0.3) is 0 Å². The minimum Gasteiger partial charge on any atom is -0.478 e. The Kier molecular flexibility index (Phi) is 2.19. The number of halogens is 2. The van der Waals surface area contributed by atoms with Crippen LogP contribution < -0.4 is 4.74 Å². The van der Waals surface area contributed by atoms with Gasteiger partial charge in [-0.15, -0.1) is 0 Å². The van der Waals surface area contributed by atoms with E-state index in [2.05, 4.69) is 15.9 Å². The summed E-state index contributed by atoms with van der Waals surface area (Å²) in [7, 11) is 0. The van der Waals surface area contributed by atoms with Crippen molar-refractivity contribution >= 4 is 21.9 Å². The molecule has 0 saturated carbocycles. The third-order valence-electron chi connectivity index (χ3n) is 2.05. The zero-order chi connectivity index (χ0) is 10.3. The number of benzene rings is 1. The maximum atomic E-state index is 13.0. The van der Waals surface area contributed by atoms with E-state index in [0.29, 0.717) is 15.8 Å². The number of carboxylic acids is 1. The van der Waals surface area contributed by atoms with Crippen molar-refractivity contribution in [2.75, 3.05) is 0 Å². The minimum atomic E-state index is -1.03. The molecule has 1 aromatic rings. The molecule has 5 heteroatoms. The number of aliphatic carboxylic acids is 1. The predicted octanol–water partition coefficient (Wildman–Crippen LogP) is 1.98. The number of carboxylic acid groups (broad SMARTS) is 1. The van der Waals surface area contributed by atoms with Gasteiger partial charge in [-0.2, -0.15) is 0 Å². The van der Waals surface area contributed by atoms with Gasteiger partial charge in [0.2, 0.25) is 0 Å². The fourth-order valence-electron chi connectivity index (χ4n) is 1.37. The number of hydrogen-bond acceptors (Lipinski definition) is 2. The van der Waals surface area contributed by atoms with Crippen LogP contribution in [0.2, 0.25) is 0 Å². The van der Waals surface area contributed by atoms with Gasteiger partial charge in [-0.25, -0.2) is 9.18 Å². The molecule has 1 heterocycles. The third-order valence-corrected chi connectivity index (χ3v) is 2.66. The van der Waals surface area contributed by atoms with Crippen LogP contribution in [0.3, 0.4) is 0 Å². The van der Waals surface area contributed by atoms with E-state index in [4.69, 9.17) is 9.84 Å². The monoisotopic (exact) mass is 260 g/mol. The molecule has 1 atom stereocenters. The van der Waals surface area contributed by atoms with Crippen LogP contribution >= 0.6 is 15.9 Å². The van der Waals surface area contributed by atoms with Crippen LogP contribution in [0.5, 0.6) is 5.75 Å². The second-order valence-corrected chi connectivity index (χ2v) is 3.88. The Morgan fingerprint density at radius 2 is 2.36 bits per heavy atom. The van der Waals surface area contributed by atoms with Gasteiger partial charge in [0.1, 0.15) is 11.6 Å². The first-order chi connectivity index (χ1) is 6.58. The number of rotatable bonds is 1. The molecule has 1 N–H and O–H groups in total. The number of hydrogen-bond donors (Lipinski definition) is 1. The molecule has 0 bridgehead atoms. The predicted molar refractivity (Wildman–Crippen MR) is 49.9 cm³/mol. The molecule has 0 amide bonds. The average Bonchev–Trinajstić information content (AvgIpc) is 2.48. The Balaban J connectivity index is 2.36. The lowest BCUT2D eigenvalue weighted by Gasteiger charge is -2.03. The first-order valence-corrected chi connectivity index (χ1v) is 4.74. The lowest BCUT2D eigenvalue weighted by Crippen LogP contribution is -2.24. The molecule has 1 aliphatic rings. The van der Waals surface area contributed by atoms with Crippen molar-refractivity contribution in [1.29, 1.82) is 0 Å². The summed E-state index contributed by atoms with van der Waals surface area (Å²) >= 11 is 3.03. The Labute approximate surface area is 87.6 Å². The van der Waals surface area contributed by atoms with Crippen molar-refractivity contribution in [3.63, 3.8) is 0 Å². The lowest BCUT2D eigenvalue weighted by atomic mass is 10.1. The Morgan fingerprint density at radius 1 is 1.64 bits per heavy atom. The molecule has 0 fully saturated rings. The van der Waals surface area contributed by atoms with Crippen molar-refractivity contribution in [2.24, 2.45) is 0 Å². The van der Waals surface area contributed by atoms with Crippen molar-refractivity contribution in [3.05, 3.63) is 28.0 Å². The van der Waals surface area contributed by atoms with E-state index in [-0.39, 0.29) is 6.42 Å². The van der Waals surface area contributed by atoms with Gasteiger partial charge in [0.05, 0.1) is 4.47 Å². The van der Waals surface area contributed by atoms with Gasteiger partial charge in [0.25, 0.3) is 0 Å². The molecular formula is C9H6BrFO3. The van der Waals surface area contributed by atoms with E-state index in [1.165, 1.54) is 6.07 Å². The molecule has 1 aliphatic heterocycles. The molecule has 0 radical (unpaired) electrons. The summed E-state index contributed by atoms with van der Waals surface area (Å²) in [5.41, 5.74) is 0.714. The van der Waals surface area contributed by atoms with Gasteiger partial charge in [0.15, 0.2) is 6.10 Å². The highest BCUT2D eigenvalue weighted by Gasteiger charge is 2.29.